The van der Waals surface area contributed by atoms with Gasteiger partial charge in [-0.15, -0.1) is 0 Å². The number of hydrogen-bond acceptors (Lipinski definition) is 4. The number of carboxylic acid groups (broad SMARTS) is 1. The molecule has 2 aromatic rings. The van der Waals surface area contributed by atoms with Gasteiger partial charge in [0.1, 0.15) is 5.75 Å². The van der Waals surface area contributed by atoms with Crippen molar-refractivity contribution >= 4 is 29.2 Å². The molecule has 0 aliphatic heterocycles. The maximum absolute atomic E-state index is 11.9. The largest absolute Gasteiger partial charge is 0.497 e. The highest BCUT2D eigenvalue weighted by molar-refractivity contribution is 6.01. The Balaban J connectivity index is 1.90. The molecule has 0 fully saturated rings. The zero-order valence-electron chi connectivity index (χ0n) is 13.6. The highest BCUT2D eigenvalue weighted by Crippen LogP contribution is 2.16. The molecule has 7 heteroatoms. The quantitative estimate of drug-likeness (QED) is 0.669. The molecule has 0 bridgehead atoms. The van der Waals surface area contributed by atoms with Gasteiger partial charge in [0.25, 0.3) is 0 Å². The van der Waals surface area contributed by atoms with Crippen molar-refractivity contribution in [2.75, 3.05) is 17.7 Å². The number of carbonyl (C=O) groups is 3. The van der Waals surface area contributed by atoms with E-state index in [9.17, 15) is 14.4 Å². The second kappa shape index (κ2) is 8.49. The van der Waals surface area contributed by atoms with E-state index in [0.717, 1.165) is 0 Å². The molecule has 3 N–H and O–H groups in total. The molecule has 0 unspecified atom stereocenters. The smallest absolute Gasteiger partial charge is 0.323 e. The van der Waals surface area contributed by atoms with Gasteiger partial charge in [0.2, 0.25) is 0 Å². The van der Waals surface area contributed by atoms with Crippen molar-refractivity contribution in [1.29, 1.82) is 0 Å². The van der Waals surface area contributed by atoms with Crippen LogP contribution < -0.4 is 15.4 Å². The third-order valence-electron chi connectivity index (χ3n) is 3.38. The van der Waals surface area contributed by atoms with E-state index in [0.29, 0.717) is 22.7 Å². The Labute approximate surface area is 144 Å². The van der Waals surface area contributed by atoms with E-state index in [4.69, 9.17) is 9.84 Å². The Morgan fingerprint density at radius 1 is 0.880 bits per heavy atom. The highest BCUT2D eigenvalue weighted by Gasteiger charge is 2.09. The van der Waals surface area contributed by atoms with Gasteiger partial charge in [-0.05, 0) is 48.5 Å². The van der Waals surface area contributed by atoms with Gasteiger partial charge in [-0.3, -0.25) is 9.59 Å². The average Bonchev–Trinajstić information content (AvgIpc) is 2.61. The summed E-state index contributed by atoms with van der Waals surface area (Å²) in [7, 11) is 1.56. The first-order chi connectivity index (χ1) is 12.0. The summed E-state index contributed by atoms with van der Waals surface area (Å²) in [5.41, 5.74) is 1.53. The fraction of sp³-hybridized carbons (Fsp3) is 0.167. The van der Waals surface area contributed by atoms with Crippen LogP contribution in [0.25, 0.3) is 0 Å². The zero-order valence-corrected chi connectivity index (χ0v) is 13.6. The lowest BCUT2D eigenvalue weighted by Gasteiger charge is -2.09. The Morgan fingerprint density at radius 2 is 1.40 bits per heavy atom. The number of Topliss-reactive ketones (excluding diaryl/α,β-unsaturated/α-hetero) is 1. The Kier molecular flexibility index (Phi) is 6.11. The van der Waals surface area contributed by atoms with Crippen molar-refractivity contribution in [3.8, 4) is 5.75 Å². The van der Waals surface area contributed by atoms with Gasteiger partial charge in [0, 0.05) is 23.4 Å². The molecule has 7 nitrogen and oxygen atoms in total. The predicted octanol–water partition coefficient (Wildman–Crippen LogP) is 3.39. The lowest BCUT2D eigenvalue weighted by Crippen LogP contribution is -2.19. The molecule has 130 valence electrons. The third-order valence-corrected chi connectivity index (χ3v) is 3.38. The fourth-order valence-electron chi connectivity index (χ4n) is 2.07. The molecule has 0 atom stereocenters. The van der Waals surface area contributed by atoms with E-state index < -0.39 is 12.0 Å². The van der Waals surface area contributed by atoms with Crippen molar-refractivity contribution in [3.05, 3.63) is 54.1 Å². The van der Waals surface area contributed by atoms with E-state index in [1.165, 1.54) is 0 Å². The zero-order chi connectivity index (χ0) is 18.2. The number of anilines is 2. The predicted molar refractivity (Wildman–Crippen MR) is 93.3 cm³/mol. The Morgan fingerprint density at radius 3 is 1.88 bits per heavy atom. The molecular formula is C18H18N2O5. The molecule has 0 aliphatic rings. The standard InChI is InChI=1S/C18H18N2O5/c1-25-15-8-6-14(7-9-15)20-18(24)19-13-4-2-12(3-5-13)16(21)10-11-17(22)23/h2-9H,10-11H2,1H3,(H,22,23)(H2,19,20,24). The van der Waals surface area contributed by atoms with E-state index >= 15 is 0 Å². The van der Waals surface area contributed by atoms with Crippen LogP contribution in [0.3, 0.4) is 0 Å². The number of ether oxygens (including phenoxy) is 1. The minimum Gasteiger partial charge on any atom is -0.497 e. The molecule has 25 heavy (non-hydrogen) atoms. The van der Waals surface area contributed by atoms with Gasteiger partial charge < -0.3 is 20.5 Å². The van der Waals surface area contributed by atoms with E-state index in [1.807, 2.05) is 0 Å². The molecular weight excluding hydrogens is 324 g/mol. The van der Waals surface area contributed by atoms with Gasteiger partial charge in [-0.2, -0.15) is 0 Å². The first-order valence-electron chi connectivity index (χ1n) is 7.55. The van der Waals surface area contributed by atoms with Crippen LogP contribution in [0.15, 0.2) is 48.5 Å². The van der Waals surface area contributed by atoms with Gasteiger partial charge in [0.05, 0.1) is 13.5 Å². The first kappa shape index (κ1) is 18.0. The summed E-state index contributed by atoms with van der Waals surface area (Å²) in [6, 6.07) is 12.7. The first-order valence-corrected chi connectivity index (χ1v) is 7.55. The van der Waals surface area contributed by atoms with Gasteiger partial charge in [0.15, 0.2) is 5.78 Å². The average molecular weight is 342 g/mol. The lowest BCUT2D eigenvalue weighted by atomic mass is 10.1. The molecule has 0 saturated heterocycles. The number of ketones is 1. The highest BCUT2D eigenvalue weighted by atomic mass is 16.5. The number of urea groups is 1. The van der Waals surface area contributed by atoms with Crippen LogP contribution in [0.1, 0.15) is 23.2 Å². The number of benzene rings is 2. The summed E-state index contributed by atoms with van der Waals surface area (Å²) >= 11 is 0. The second-order valence-corrected chi connectivity index (χ2v) is 5.20. The molecule has 0 saturated carbocycles. The van der Waals surface area contributed by atoms with Crippen LogP contribution in [0, 0.1) is 0 Å². The third kappa shape index (κ3) is 5.65. The van der Waals surface area contributed by atoms with Crippen LogP contribution in [0.2, 0.25) is 0 Å². The molecule has 0 aromatic heterocycles. The molecule has 2 amide bonds. The van der Waals surface area contributed by atoms with Crippen molar-refractivity contribution in [2.24, 2.45) is 0 Å². The Bertz CT molecular complexity index is 754. The molecule has 0 heterocycles. The summed E-state index contributed by atoms with van der Waals surface area (Å²) in [5, 5.41) is 13.9. The Hall–Kier alpha value is -3.35. The summed E-state index contributed by atoms with van der Waals surface area (Å²) in [6.07, 6.45) is -0.261. The van der Waals surface area contributed by atoms with Crippen molar-refractivity contribution in [1.82, 2.24) is 0 Å². The number of rotatable bonds is 7. The van der Waals surface area contributed by atoms with Gasteiger partial charge >= 0.3 is 12.0 Å². The van der Waals surface area contributed by atoms with E-state index in [-0.39, 0.29) is 18.6 Å². The maximum Gasteiger partial charge on any atom is 0.323 e. The SMILES string of the molecule is COc1ccc(NC(=O)Nc2ccc(C(=O)CCC(=O)O)cc2)cc1. The molecule has 0 spiro atoms. The summed E-state index contributed by atoms with van der Waals surface area (Å²) < 4.78 is 5.04. The maximum atomic E-state index is 11.9. The van der Waals surface area contributed by atoms with Crippen molar-refractivity contribution < 1.29 is 24.2 Å². The van der Waals surface area contributed by atoms with Crippen LogP contribution in [-0.4, -0.2) is 30.0 Å². The lowest BCUT2D eigenvalue weighted by molar-refractivity contribution is -0.136. The summed E-state index contributed by atoms with van der Waals surface area (Å²) in [6.45, 7) is 0. The van der Waals surface area contributed by atoms with Gasteiger partial charge in [-0.1, -0.05) is 0 Å². The minimum atomic E-state index is -1.01. The number of aliphatic carboxylic acids is 1. The van der Waals surface area contributed by atoms with E-state index in [2.05, 4.69) is 10.6 Å². The second-order valence-electron chi connectivity index (χ2n) is 5.20. The van der Waals surface area contributed by atoms with Crippen LogP contribution in [0.4, 0.5) is 16.2 Å². The molecule has 2 rings (SSSR count). The number of carbonyl (C=O) groups excluding carboxylic acids is 2. The van der Waals surface area contributed by atoms with Crippen molar-refractivity contribution in [3.63, 3.8) is 0 Å². The van der Waals surface area contributed by atoms with Crippen LogP contribution in [0.5, 0.6) is 5.75 Å². The molecule has 0 radical (unpaired) electrons. The number of hydrogen-bond donors (Lipinski definition) is 3. The summed E-state index contributed by atoms with van der Waals surface area (Å²) in [5.74, 6) is -0.576. The fourth-order valence-corrected chi connectivity index (χ4v) is 2.07. The molecule has 2 aromatic carbocycles. The van der Waals surface area contributed by atoms with E-state index in [1.54, 1.807) is 55.6 Å². The number of amides is 2. The number of carboxylic acids is 1. The van der Waals surface area contributed by atoms with Gasteiger partial charge in [-0.25, -0.2) is 4.79 Å². The topological polar surface area (TPSA) is 105 Å². The number of nitrogens with one attached hydrogen (secondary N) is 2. The summed E-state index contributed by atoms with van der Waals surface area (Å²) in [4.78, 5) is 34.2. The van der Waals surface area contributed by atoms with Crippen LogP contribution >= 0.6 is 0 Å². The minimum absolute atomic E-state index is 0.0555. The van der Waals surface area contributed by atoms with Crippen LogP contribution in [-0.2, 0) is 4.79 Å². The normalized spacial score (nSPS) is 9.96. The van der Waals surface area contributed by atoms with Crippen molar-refractivity contribution in [2.45, 2.75) is 12.8 Å². The number of methoxy groups -OCH3 is 1. The monoisotopic (exact) mass is 342 g/mol. The molecule has 0 aliphatic carbocycles.